The van der Waals surface area contributed by atoms with Crippen molar-refractivity contribution in [2.75, 3.05) is 45.8 Å². The quantitative estimate of drug-likeness (QED) is 0.0686. The van der Waals surface area contributed by atoms with E-state index < -0.39 is 0 Å². The number of aryl methyl sites for hydroxylation is 12. The van der Waals surface area contributed by atoms with Crippen LogP contribution < -0.4 is 19.6 Å². The fourth-order valence-electron chi connectivity index (χ4n) is 14.2. The molecule has 0 saturated carbocycles. The molecular formula is C86H90N22O4. The molecule has 16 rings (SSSR count). The monoisotopic (exact) mass is 1490 g/mol. The Kier molecular flexibility index (Phi) is 23.3. The summed E-state index contributed by atoms with van der Waals surface area (Å²) in [5.41, 5.74) is 30.2. The van der Waals surface area contributed by atoms with Gasteiger partial charge >= 0.3 is 0 Å². The van der Waals surface area contributed by atoms with Gasteiger partial charge in [0.1, 0.15) is 48.4 Å². The first-order valence-electron chi connectivity index (χ1n) is 37.2. The lowest BCUT2D eigenvalue weighted by molar-refractivity contribution is 0.393. The number of anilines is 8. The Morgan fingerprint density at radius 3 is 0.911 bits per heavy atom. The van der Waals surface area contributed by atoms with Crippen LogP contribution in [0.15, 0.2) is 226 Å². The van der Waals surface area contributed by atoms with Crippen LogP contribution in [0.3, 0.4) is 0 Å². The maximum absolute atomic E-state index is 5.36. The standard InChI is InChI=1S/3C22H23N5O.C20H21N7O/c1-5-27(20-10-8-19(9-11-20)26-13-23-24-14-26)21-12-18(7-6-15(21)2)22-16(3)25-28-17(22)4;1-5-26(19-8-10-20(11-9-19)27-14-23-13-24-27)21-12-18(7-6-15(21)2)22-16(3)25-28-17(22)4;1-5-26(19-8-10-20(11-9-19)27-13-12-23-25-27)21-14-18(7-6-15(21)2)22-16(3)24-28-17(22)4;1-5-26(17-8-10-18(11-9-17)27-24-22-23-25-27)19-12-16(7-6-13(19)2)20-14(3)21-28-15(20)4/h3*6-14H,5H2,1-4H3;6-12H,5H2,1-4H3. The van der Waals surface area contributed by atoms with Gasteiger partial charge in [0.05, 0.1) is 52.2 Å². The first kappa shape index (κ1) is 76.4. The SMILES string of the molecule is CCN(c1ccc(-n2ccnn2)cc1)c1cc(-c2c(C)noc2C)ccc1C.CCN(c1ccc(-n2cncn2)cc1)c1cc(-c2c(C)noc2C)ccc1C.CCN(c1ccc(-n2cnnc2)cc1)c1cc(-c2c(C)noc2C)ccc1C.CCN(c1ccc(-n2nnnn2)cc1)c1cc(-c2c(C)noc2C)ccc1C. The lowest BCUT2D eigenvalue weighted by atomic mass is 10.0. The maximum Gasteiger partial charge on any atom is 0.141 e. The first-order chi connectivity index (χ1) is 54.3. The number of aromatic nitrogens is 18. The Balaban J connectivity index is 0.000000131. The van der Waals surface area contributed by atoms with Crippen molar-refractivity contribution in [3.05, 3.63) is 276 Å². The van der Waals surface area contributed by atoms with E-state index in [1.165, 1.54) is 50.4 Å². The van der Waals surface area contributed by atoms with Gasteiger partial charge in [-0.1, -0.05) is 74.4 Å². The molecule has 0 bridgehead atoms. The van der Waals surface area contributed by atoms with Gasteiger partial charge in [0.25, 0.3) is 0 Å². The Bertz CT molecular complexity index is 4960. The molecule has 0 unspecified atom stereocenters. The number of rotatable bonds is 20. The van der Waals surface area contributed by atoms with Crippen molar-refractivity contribution in [3.63, 3.8) is 0 Å². The van der Waals surface area contributed by atoms with Gasteiger partial charge in [-0.25, -0.2) is 14.3 Å². The van der Waals surface area contributed by atoms with Crippen molar-refractivity contribution in [1.29, 1.82) is 0 Å². The van der Waals surface area contributed by atoms with E-state index >= 15 is 0 Å². The lowest BCUT2D eigenvalue weighted by Crippen LogP contribution is -2.17. The van der Waals surface area contributed by atoms with Gasteiger partial charge in [-0.15, -0.1) is 20.1 Å². The summed E-state index contributed by atoms with van der Waals surface area (Å²) < 4.78 is 26.8. The van der Waals surface area contributed by atoms with E-state index in [0.717, 1.165) is 168 Å². The molecule has 16 aromatic rings. The van der Waals surface area contributed by atoms with E-state index in [-0.39, 0.29) is 0 Å². The first-order valence-corrected chi connectivity index (χ1v) is 37.2. The minimum absolute atomic E-state index is 0.811. The van der Waals surface area contributed by atoms with Gasteiger partial charge in [-0.2, -0.15) is 5.10 Å². The summed E-state index contributed by atoms with van der Waals surface area (Å²) in [6, 6.07) is 59.1. The second kappa shape index (κ2) is 34.2. The summed E-state index contributed by atoms with van der Waals surface area (Å²) in [5.74, 6) is 3.35. The van der Waals surface area contributed by atoms with Crippen molar-refractivity contribution < 1.29 is 18.1 Å². The summed E-state index contributed by atoms with van der Waals surface area (Å²) in [6.07, 6.45) is 10.1. The van der Waals surface area contributed by atoms with Gasteiger partial charge in [-0.3, -0.25) is 4.57 Å². The van der Waals surface area contributed by atoms with E-state index in [1.54, 1.807) is 34.5 Å². The largest absolute Gasteiger partial charge is 0.361 e. The zero-order valence-corrected chi connectivity index (χ0v) is 65.9. The molecule has 112 heavy (non-hydrogen) atoms. The normalized spacial score (nSPS) is 11.0. The smallest absolute Gasteiger partial charge is 0.141 e. The summed E-state index contributed by atoms with van der Waals surface area (Å²) in [5, 5.41) is 50.9. The van der Waals surface area contributed by atoms with Gasteiger partial charge < -0.3 is 37.7 Å². The highest BCUT2D eigenvalue weighted by atomic mass is 16.5. The van der Waals surface area contributed by atoms with Crippen molar-refractivity contribution in [3.8, 4) is 67.3 Å². The molecule has 568 valence electrons. The Morgan fingerprint density at radius 1 is 0.321 bits per heavy atom. The van der Waals surface area contributed by atoms with Crippen LogP contribution in [0.4, 0.5) is 45.5 Å². The molecule has 0 amide bonds. The van der Waals surface area contributed by atoms with Crippen LogP contribution in [0.1, 0.15) is 95.8 Å². The molecule has 26 heteroatoms. The van der Waals surface area contributed by atoms with Crippen molar-refractivity contribution in [1.82, 2.24) is 90.8 Å². The van der Waals surface area contributed by atoms with E-state index in [4.69, 9.17) is 18.1 Å². The van der Waals surface area contributed by atoms with Crippen molar-refractivity contribution in [2.24, 2.45) is 0 Å². The molecule has 0 N–H and O–H groups in total. The van der Waals surface area contributed by atoms with Gasteiger partial charge in [-0.05, 0) is 297 Å². The zero-order valence-electron chi connectivity index (χ0n) is 65.9. The number of hydrogen-bond donors (Lipinski definition) is 0. The highest BCUT2D eigenvalue weighted by Crippen LogP contribution is 2.41. The summed E-state index contributed by atoms with van der Waals surface area (Å²) in [6.45, 7) is 36.3. The van der Waals surface area contributed by atoms with Crippen molar-refractivity contribution in [2.45, 2.75) is 111 Å². The number of hydrogen-bond acceptors (Lipinski definition) is 22. The van der Waals surface area contributed by atoms with Crippen LogP contribution in [0.2, 0.25) is 0 Å². The average molecular weight is 1500 g/mol. The van der Waals surface area contributed by atoms with Gasteiger partial charge in [0.15, 0.2) is 0 Å². The minimum Gasteiger partial charge on any atom is -0.361 e. The number of nitrogens with zero attached hydrogens (tertiary/aromatic N) is 22. The topological polar surface area (TPSA) is 266 Å². The molecule has 0 aliphatic heterocycles. The summed E-state index contributed by atoms with van der Waals surface area (Å²) in [4.78, 5) is 14.6. The van der Waals surface area contributed by atoms with E-state index in [1.807, 2.05) is 90.4 Å². The second-order valence-corrected chi connectivity index (χ2v) is 27.0. The summed E-state index contributed by atoms with van der Waals surface area (Å²) in [7, 11) is 0. The third-order valence-electron chi connectivity index (χ3n) is 19.8. The van der Waals surface area contributed by atoms with Gasteiger partial charge in [0, 0.05) is 99.6 Å². The molecular weight excluding hydrogens is 1410 g/mol. The highest BCUT2D eigenvalue weighted by molar-refractivity contribution is 5.81. The average Bonchev–Trinajstić information content (AvgIpc) is 1.60. The Labute approximate surface area is 650 Å². The van der Waals surface area contributed by atoms with Crippen LogP contribution >= 0.6 is 0 Å². The highest BCUT2D eigenvalue weighted by Gasteiger charge is 2.22. The molecule has 0 fully saturated rings. The number of benzene rings is 8. The Morgan fingerprint density at radius 2 is 0.634 bits per heavy atom. The molecule has 0 saturated heterocycles. The molecule has 8 aromatic heterocycles. The Hall–Kier alpha value is -13.8. The maximum atomic E-state index is 5.36. The van der Waals surface area contributed by atoms with E-state index in [9.17, 15) is 0 Å². The second-order valence-electron chi connectivity index (χ2n) is 27.0. The molecule has 0 radical (unpaired) electrons. The molecule has 0 spiro atoms. The van der Waals surface area contributed by atoms with Crippen LogP contribution in [0, 0.1) is 83.1 Å². The zero-order chi connectivity index (χ0) is 78.7. The molecule has 0 aliphatic rings. The minimum atomic E-state index is 0.811. The van der Waals surface area contributed by atoms with E-state index in [2.05, 4.69) is 293 Å². The van der Waals surface area contributed by atoms with Crippen LogP contribution in [0.25, 0.3) is 67.3 Å². The predicted molar refractivity (Wildman–Crippen MR) is 436 cm³/mol. The lowest BCUT2D eigenvalue weighted by Gasteiger charge is -2.26. The molecule has 8 aromatic carbocycles. The third-order valence-corrected chi connectivity index (χ3v) is 19.8. The van der Waals surface area contributed by atoms with Crippen LogP contribution in [-0.2, 0) is 0 Å². The van der Waals surface area contributed by atoms with Crippen molar-refractivity contribution >= 4 is 45.5 Å². The molecule has 26 nitrogen and oxygen atoms in total. The van der Waals surface area contributed by atoms with Gasteiger partial charge in [0.2, 0.25) is 0 Å². The fraction of sp³-hybridized carbons (Fsp3) is 0.233. The van der Waals surface area contributed by atoms with E-state index in [0.29, 0.717) is 0 Å². The molecule has 0 aliphatic carbocycles. The van der Waals surface area contributed by atoms with Crippen LogP contribution in [-0.4, -0.2) is 117 Å². The fourth-order valence-corrected chi connectivity index (χ4v) is 14.2. The molecule has 8 heterocycles. The molecule has 0 atom stereocenters. The predicted octanol–water partition coefficient (Wildman–Crippen LogP) is 18.8. The van der Waals surface area contributed by atoms with Crippen LogP contribution in [0.5, 0.6) is 0 Å². The summed E-state index contributed by atoms with van der Waals surface area (Å²) >= 11 is 0. The third kappa shape index (κ3) is 16.5.